The van der Waals surface area contributed by atoms with Crippen molar-refractivity contribution in [3.05, 3.63) is 206 Å². The molecule has 1 heterocycles. The van der Waals surface area contributed by atoms with Gasteiger partial charge < -0.3 is 9.47 Å². The lowest BCUT2D eigenvalue weighted by molar-refractivity contribution is 1.18. The standard InChI is InChI=1S/C50H34N2/c1-3-14-35(15-4-1)36-28-30-42(31-29-36)51(47-26-12-19-37-16-9-10-24-44(37)47)43-23-11-20-40(32-43)45-25-13-27-48-50(45)46-33-38-17-7-8-18-39(38)34-49(46)52(48)41-21-5-2-6-22-41/h1-34H. The average Bonchev–Trinajstić information content (AvgIpc) is 3.54. The lowest BCUT2D eigenvalue weighted by atomic mass is 9.97. The fraction of sp³-hybridized carbons (Fsp3) is 0. The van der Waals surface area contributed by atoms with Gasteiger partial charge in [-0.15, -0.1) is 0 Å². The lowest BCUT2D eigenvalue weighted by Crippen LogP contribution is -2.10. The number of anilines is 3. The molecule has 0 aliphatic rings. The van der Waals surface area contributed by atoms with Crippen LogP contribution in [0.2, 0.25) is 0 Å². The molecule has 9 aromatic carbocycles. The molecule has 0 amide bonds. The van der Waals surface area contributed by atoms with Crippen LogP contribution < -0.4 is 4.90 Å². The first-order chi connectivity index (χ1) is 25.8. The van der Waals surface area contributed by atoms with Crippen LogP contribution in [-0.2, 0) is 0 Å². The monoisotopic (exact) mass is 662 g/mol. The first-order valence-corrected chi connectivity index (χ1v) is 17.9. The number of para-hydroxylation sites is 1. The molecule has 1 aromatic heterocycles. The molecule has 0 saturated carbocycles. The van der Waals surface area contributed by atoms with Gasteiger partial charge in [-0.05, 0) is 99.1 Å². The normalized spacial score (nSPS) is 11.5. The summed E-state index contributed by atoms with van der Waals surface area (Å²) in [5.74, 6) is 0. The summed E-state index contributed by atoms with van der Waals surface area (Å²) >= 11 is 0. The van der Waals surface area contributed by atoms with E-state index in [0.717, 1.165) is 22.7 Å². The molecule has 0 radical (unpaired) electrons. The molecule has 10 rings (SSSR count). The van der Waals surface area contributed by atoms with E-state index in [9.17, 15) is 0 Å². The van der Waals surface area contributed by atoms with Crippen molar-refractivity contribution in [3.63, 3.8) is 0 Å². The maximum atomic E-state index is 2.42. The summed E-state index contributed by atoms with van der Waals surface area (Å²) in [6.07, 6.45) is 0. The summed E-state index contributed by atoms with van der Waals surface area (Å²) in [7, 11) is 0. The largest absolute Gasteiger partial charge is 0.310 e. The van der Waals surface area contributed by atoms with Gasteiger partial charge in [-0.3, -0.25) is 0 Å². The van der Waals surface area contributed by atoms with Crippen LogP contribution in [0.25, 0.3) is 71.3 Å². The number of benzene rings is 9. The molecule has 0 bridgehead atoms. The predicted molar refractivity (Wildman–Crippen MR) is 221 cm³/mol. The number of aromatic nitrogens is 1. The minimum absolute atomic E-state index is 1.11. The van der Waals surface area contributed by atoms with E-state index in [4.69, 9.17) is 0 Å². The second-order valence-corrected chi connectivity index (χ2v) is 13.4. The Labute approximate surface area is 303 Å². The van der Waals surface area contributed by atoms with Crippen molar-refractivity contribution in [2.75, 3.05) is 4.90 Å². The topological polar surface area (TPSA) is 8.17 Å². The molecule has 244 valence electrons. The molecule has 2 nitrogen and oxygen atoms in total. The molecule has 0 saturated heterocycles. The zero-order valence-electron chi connectivity index (χ0n) is 28.5. The minimum Gasteiger partial charge on any atom is -0.310 e. The van der Waals surface area contributed by atoms with E-state index in [-0.39, 0.29) is 0 Å². The average molecular weight is 663 g/mol. The van der Waals surface area contributed by atoms with Gasteiger partial charge in [0.15, 0.2) is 0 Å². The number of rotatable bonds is 6. The third-order valence-electron chi connectivity index (χ3n) is 10.3. The SMILES string of the molecule is c1ccc(-c2ccc(N(c3cccc(-c4cccc5c4c4cc6ccccc6cc4n5-c4ccccc4)c3)c3cccc4ccccc34)cc2)cc1. The van der Waals surface area contributed by atoms with Crippen LogP contribution in [0, 0.1) is 0 Å². The smallest absolute Gasteiger partial charge is 0.0547 e. The van der Waals surface area contributed by atoms with Gasteiger partial charge in [0.1, 0.15) is 0 Å². The summed E-state index contributed by atoms with van der Waals surface area (Å²) < 4.78 is 2.42. The zero-order valence-corrected chi connectivity index (χ0v) is 28.5. The van der Waals surface area contributed by atoms with Crippen LogP contribution >= 0.6 is 0 Å². The molecule has 0 unspecified atom stereocenters. The highest BCUT2D eigenvalue weighted by Crippen LogP contribution is 2.44. The fourth-order valence-electron chi connectivity index (χ4n) is 7.93. The van der Waals surface area contributed by atoms with Crippen molar-refractivity contribution in [1.82, 2.24) is 4.57 Å². The van der Waals surface area contributed by atoms with Crippen molar-refractivity contribution < 1.29 is 0 Å². The van der Waals surface area contributed by atoms with E-state index < -0.39 is 0 Å². The van der Waals surface area contributed by atoms with Crippen LogP contribution in [0.4, 0.5) is 17.1 Å². The number of nitrogens with zero attached hydrogens (tertiary/aromatic N) is 2. The van der Waals surface area contributed by atoms with Gasteiger partial charge in [0.2, 0.25) is 0 Å². The lowest BCUT2D eigenvalue weighted by Gasteiger charge is -2.27. The van der Waals surface area contributed by atoms with Crippen molar-refractivity contribution in [3.8, 4) is 27.9 Å². The van der Waals surface area contributed by atoms with Crippen molar-refractivity contribution in [2.24, 2.45) is 0 Å². The van der Waals surface area contributed by atoms with Gasteiger partial charge in [-0.2, -0.15) is 0 Å². The Bertz CT molecular complexity index is 2880. The van der Waals surface area contributed by atoms with Crippen molar-refractivity contribution >= 4 is 60.4 Å². The quantitative estimate of drug-likeness (QED) is 0.172. The summed E-state index contributed by atoms with van der Waals surface area (Å²) in [6, 6.07) is 74.7. The van der Waals surface area contributed by atoms with E-state index in [0.29, 0.717) is 0 Å². The maximum Gasteiger partial charge on any atom is 0.0547 e. The molecule has 0 aliphatic heterocycles. The first-order valence-electron chi connectivity index (χ1n) is 17.9. The third kappa shape index (κ3) is 5.04. The zero-order chi connectivity index (χ0) is 34.4. The van der Waals surface area contributed by atoms with Crippen LogP contribution in [-0.4, -0.2) is 4.57 Å². The first kappa shape index (κ1) is 30.0. The molecule has 0 spiro atoms. The minimum atomic E-state index is 1.11. The Kier molecular flexibility index (Phi) is 7.18. The maximum absolute atomic E-state index is 2.42. The van der Waals surface area contributed by atoms with Crippen LogP contribution in [0.15, 0.2) is 206 Å². The third-order valence-corrected chi connectivity index (χ3v) is 10.3. The van der Waals surface area contributed by atoms with Gasteiger partial charge >= 0.3 is 0 Å². The van der Waals surface area contributed by atoms with Crippen molar-refractivity contribution in [2.45, 2.75) is 0 Å². The summed E-state index contributed by atoms with van der Waals surface area (Å²) in [6.45, 7) is 0. The molecular formula is C50H34N2. The summed E-state index contributed by atoms with van der Waals surface area (Å²) in [4.78, 5) is 2.40. The predicted octanol–water partition coefficient (Wildman–Crippen LogP) is 13.9. The molecule has 10 aromatic rings. The number of hydrogen-bond acceptors (Lipinski definition) is 1. The highest BCUT2D eigenvalue weighted by molar-refractivity contribution is 6.18. The Morgan fingerprint density at radius 1 is 0.346 bits per heavy atom. The Morgan fingerprint density at radius 2 is 0.962 bits per heavy atom. The molecular weight excluding hydrogens is 629 g/mol. The van der Waals surface area contributed by atoms with Gasteiger partial charge in [0.25, 0.3) is 0 Å². The van der Waals surface area contributed by atoms with E-state index in [1.165, 1.54) is 65.6 Å². The van der Waals surface area contributed by atoms with E-state index >= 15 is 0 Å². The second kappa shape index (κ2) is 12.5. The van der Waals surface area contributed by atoms with Gasteiger partial charge in [0.05, 0.1) is 16.7 Å². The van der Waals surface area contributed by atoms with Crippen LogP contribution in [0.5, 0.6) is 0 Å². The van der Waals surface area contributed by atoms with Gasteiger partial charge in [0, 0.05) is 33.2 Å². The molecule has 0 N–H and O–H groups in total. The highest BCUT2D eigenvalue weighted by atomic mass is 15.1. The highest BCUT2D eigenvalue weighted by Gasteiger charge is 2.20. The number of fused-ring (bicyclic) bond motifs is 5. The van der Waals surface area contributed by atoms with Gasteiger partial charge in [-0.25, -0.2) is 0 Å². The van der Waals surface area contributed by atoms with E-state index in [1.54, 1.807) is 0 Å². The van der Waals surface area contributed by atoms with Crippen molar-refractivity contribution in [1.29, 1.82) is 0 Å². The Balaban J connectivity index is 1.20. The molecule has 0 aliphatic carbocycles. The van der Waals surface area contributed by atoms with Crippen LogP contribution in [0.1, 0.15) is 0 Å². The molecule has 52 heavy (non-hydrogen) atoms. The molecule has 2 heteroatoms. The van der Waals surface area contributed by atoms with E-state index in [1.807, 2.05) is 0 Å². The second-order valence-electron chi connectivity index (χ2n) is 13.4. The molecule has 0 atom stereocenters. The number of hydrogen-bond donors (Lipinski definition) is 0. The fourth-order valence-corrected chi connectivity index (χ4v) is 7.93. The molecule has 0 fully saturated rings. The van der Waals surface area contributed by atoms with E-state index in [2.05, 4.69) is 216 Å². The Hall–Kier alpha value is -6.90. The summed E-state index contributed by atoms with van der Waals surface area (Å²) in [5.41, 5.74) is 11.7. The summed E-state index contributed by atoms with van der Waals surface area (Å²) in [5, 5.41) is 7.42. The van der Waals surface area contributed by atoms with Crippen LogP contribution in [0.3, 0.4) is 0 Å². The Morgan fingerprint density at radius 3 is 1.77 bits per heavy atom. The van der Waals surface area contributed by atoms with Gasteiger partial charge in [-0.1, -0.05) is 146 Å².